The minimum Gasteiger partial charge on any atom is -0.481 e. The summed E-state index contributed by atoms with van der Waals surface area (Å²) in [4.78, 5) is 33.3. The van der Waals surface area contributed by atoms with E-state index < -0.39 is 22.1 Å². The molecule has 11 nitrogen and oxygen atoms in total. The number of anilines is 2. The van der Waals surface area contributed by atoms with Crippen molar-refractivity contribution in [2.45, 2.75) is 6.92 Å². The molecular weight excluding hydrogens is 388 g/mol. The van der Waals surface area contributed by atoms with Crippen molar-refractivity contribution in [1.82, 2.24) is 19.6 Å². The normalized spacial score (nSPS) is 10.7. The van der Waals surface area contributed by atoms with E-state index in [1.807, 2.05) is 0 Å². The lowest BCUT2D eigenvalue weighted by Crippen LogP contribution is -2.39. The fourth-order valence-electron chi connectivity index (χ4n) is 2.12. The van der Waals surface area contributed by atoms with Crippen molar-refractivity contribution in [2.24, 2.45) is 0 Å². The Bertz CT molecular complexity index is 993. The summed E-state index contributed by atoms with van der Waals surface area (Å²) in [6, 6.07) is 6.47. The van der Waals surface area contributed by atoms with Gasteiger partial charge in [-0.15, -0.1) is 0 Å². The van der Waals surface area contributed by atoms with E-state index in [0.717, 1.165) is 0 Å². The first kappa shape index (κ1) is 20.9. The van der Waals surface area contributed by atoms with Gasteiger partial charge in [-0.2, -0.15) is 13.4 Å². The number of ether oxygens (including phenoxy) is 1. The average molecular weight is 408 g/mol. The molecule has 1 aromatic carbocycles. The topological polar surface area (TPSA) is 143 Å². The molecule has 0 radical (unpaired) electrons. The van der Waals surface area contributed by atoms with Gasteiger partial charge in [-0.25, -0.2) is 14.5 Å². The second kappa shape index (κ2) is 8.52. The number of benzene rings is 1. The standard InChI is InChI=1S/C16H20N6O5S/c1-10-9-13(27-4)18-15(17-10)19-16(24)21-28(25,26)20-12-8-6-5-7-11(12)14(23)22(2)3/h5-9,20H,1-4H3,(H2,17,18,19,21,24). The van der Waals surface area contributed by atoms with E-state index >= 15 is 0 Å². The lowest BCUT2D eigenvalue weighted by atomic mass is 10.1. The van der Waals surface area contributed by atoms with Crippen molar-refractivity contribution >= 4 is 33.8 Å². The number of urea groups is 1. The molecule has 0 fully saturated rings. The van der Waals surface area contributed by atoms with Crippen molar-refractivity contribution < 1.29 is 22.7 Å². The zero-order chi connectivity index (χ0) is 20.9. The zero-order valence-corrected chi connectivity index (χ0v) is 16.5. The first-order valence-electron chi connectivity index (χ1n) is 7.93. The summed E-state index contributed by atoms with van der Waals surface area (Å²) in [6.45, 7) is 1.66. The number of aromatic nitrogens is 2. The van der Waals surface area contributed by atoms with Gasteiger partial charge in [-0.05, 0) is 19.1 Å². The number of nitrogens with one attached hydrogen (secondary N) is 3. The van der Waals surface area contributed by atoms with Crippen LogP contribution in [0, 0.1) is 6.92 Å². The predicted molar refractivity (Wildman–Crippen MR) is 102 cm³/mol. The van der Waals surface area contributed by atoms with E-state index in [-0.39, 0.29) is 23.1 Å². The highest BCUT2D eigenvalue weighted by Crippen LogP contribution is 2.17. The molecule has 2 aromatic rings. The molecule has 0 aliphatic heterocycles. The van der Waals surface area contributed by atoms with Crippen molar-refractivity contribution in [2.75, 3.05) is 31.2 Å². The molecule has 3 N–H and O–H groups in total. The van der Waals surface area contributed by atoms with Gasteiger partial charge in [-0.3, -0.25) is 14.8 Å². The van der Waals surface area contributed by atoms with Gasteiger partial charge in [-0.1, -0.05) is 12.1 Å². The summed E-state index contributed by atoms with van der Waals surface area (Å²) in [5, 5.41) is 2.21. The third-order valence-electron chi connectivity index (χ3n) is 3.30. The first-order chi connectivity index (χ1) is 13.1. The second-order valence-corrected chi connectivity index (χ2v) is 7.20. The van der Waals surface area contributed by atoms with Crippen molar-refractivity contribution in [3.8, 4) is 5.88 Å². The molecule has 0 saturated heterocycles. The van der Waals surface area contributed by atoms with Crippen LogP contribution in [0.2, 0.25) is 0 Å². The molecule has 1 heterocycles. The minimum atomic E-state index is -4.33. The van der Waals surface area contributed by atoms with Gasteiger partial charge >= 0.3 is 16.2 Å². The third kappa shape index (κ3) is 5.54. The predicted octanol–water partition coefficient (Wildman–Crippen LogP) is 0.974. The Balaban J connectivity index is 2.13. The van der Waals surface area contributed by atoms with Gasteiger partial charge < -0.3 is 9.64 Å². The number of hydrogen-bond donors (Lipinski definition) is 3. The molecule has 28 heavy (non-hydrogen) atoms. The van der Waals surface area contributed by atoms with E-state index in [9.17, 15) is 18.0 Å². The maximum Gasteiger partial charge on any atom is 0.336 e. The summed E-state index contributed by atoms with van der Waals surface area (Å²) < 4.78 is 33.4. The lowest BCUT2D eigenvalue weighted by molar-refractivity contribution is 0.0828. The van der Waals surface area contributed by atoms with Gasteiger partial charge in [0.2, 0.25) is 11.8 Å². The largest absolute Gasteiger partial charge is 0.481 e. The fraction of sp³-hybridized carbons (Fsp3) is 0.250. The highest BCUT2D eigenvalue weighted by molar-refractivity contribution is 7.91. The van der Waals surface area contributed by atoms with Crippen molar-refractivity contribution in [1.29, 1.82) is 0 Å². The summed E-state index contributed by atoms with van der Waals surface area (Å²) in [6.07, 6.45) is 0. The van der Waals surface area contributed by atoms with E-state index in [2.05, 4.69) is 20.0 Å². The summed E-state index contributed by atoms with van der Waals surface area (Å²) in [5.74, 6) is -0.323. The molecular formula is C16H20N6O5S. The van der Waals surface area contributed by atoms with Crippen molar-refractivity contribution in [3.63, 3.8) is 0 Å². The number of para-hydroxylation sites is 1. The molecule has 3 amide bonds. The van der Waals surface area contributed by atoms with Gasteiger partial charge in [0.25, 0.3) is 5.91 Å². The number of nitrogens with zero attached hydrogens (tertiary/aromatic N) is 3. The lowest BCUT2D eigenvalue weighted by Gasteiger charge is -2.15. The Hall–Kier alpha value is -3.41. The van der Waals surface area contributed by atoms with Crippen LogP contribution in [0.25, 0.3) is 0 Å². The van der Waals surface area contributed by atoms with Crippen LogP contribution in [-0.4, -0.2) is 56.4 Å². The van der Waals surface area contributed by atoms with Crippen LogP contribution in [-0.2, 0) is 10.2 Å². The number of carbonyl (C=O) groups is 2. The van der Waals surface area contributed by atoms with E-state index in [1.54, 1.807) is 29.8 Å². The molecule has 0 bridgehead atoms. The molecule has 0 atom stereocenters. The smallest absolute Gasteiger partial charge is 0.336 e. The van der Waals surface area contributed by atoms with E-state index in [4.69, 9.17) is 4.74 Å². The third-order valence-corrected chi connectivity index (χ3v) is 4.24. The Kier molecular flexibility index (Phi) is 6.36. The van der Waals surface area contributed by atoms with Gasteiger partial charge in [0.1, 0.15) is 0 Å². The number of amides is 3. The molecule has 12 heteroatoms. The minimum absolute atomic E-state index is 0.0231. The number of hydrogen-bond acceptors (Lipinski definition) is 7. The van der Waals surface area contributed by atoms with Crippen LogP contribution in [0.4, 0.5) is 16.4 Å². The number of carbonyl (C=O) groups excluding carboxylic acids is 2. The number of methoxy groups -OCH3 is 1. The second-order valence-electron chi connectivity index (χ2n) is 5.78. The van der Waals surface area contributed by atoms with Crippen LogP contribution in [0.3, 0.4) is 0 Å². The first-order valence-corrected chi connectivity index (χ1v) is 9.41. The SMILES string of the molecule is COc1cc(C)nc(NC(=O)NS(=O)(=O)Nc2ccccc2C(=O)N(C)C)n1. The van der Waals surface area contributed by atoms with Crippen LogP contribution in [0.1, 0.15) is 16.1 Å². The molecule has 0 unspecified atom stereocenters. The zero-order valence-electron chi connectivity index (χ0n) is 15.7. The van der Waals surface area contributed by atoms with Crippen LogP contribution >= 0.6 is 0 Å². The maximum atomic E-state index is 12.3. The van der Waals surface area contributed by atoms with Crippen LogP contribution < -0.4 is 19.5 Å². The summed E-state index contributed by atoms with van der Waals surface area (Å²) >= 11 is 0. The average Bonchev–Trinajstić information content (AvgIpc) is 2.59. The van der Waals surface area contributed by atoms with E-state index in [0.29, 0.717) is 5.69 Å². The van der Waals surface area contributed by atoms with E-state index in [1.165, 1.54) is 38.2 Å². The summed E-state index contributed by atoms with van der Waals surface area (Å²) in [7, 11) is 0.138. The Labute approximate surface area is 162 Å². The number of rotatable bonds is 6. The van der Waals surface area contributed by atoms with Crippen LogP contribution in [0.5, 0.6) is 5.88 Å². The van der Waals surface area contributed by atoms with Gasteiger partial charge in [0.15, 0.2) is 0 Å². The van der Waals surface area contributed by atoms with Gasteiger partial charge in [0.05, 0.1) is 18.4 Å². The van der Waals surface area contributed by atoms with Crippen LogP contribution in [0.15, 0.2) is 30.3 Å². The summed E-state index contributed by atoms with van der Waals surface area (Å²) in [5.41, 5.74) is 0.666. The molecule has 0 aliphatic carbocycles. The Morgan fingerprint density at radius 2 is 1.82 bits per heavy atom. The van der Waals surface area contributed by atoms with Gasteiger partial charge in [0, 0.05) is 25.9 Å². The Morgan fingerprint density at radius 1 is 1.14 bits per heavy atom. The Morgan fingerprint density at radius 3 is 2.46 bits per heavy atom. The highest BCUT2D eigenvalue weighted by atomic mass is 32.2. The molecule has 0 aliphatic rings. The molecule has 150 valence electrons. The van der Waals surface area contributed by atoms with Crippen molar-refractivity contribution in [3.05, 3.63) is 41.6 Å². The highest BCUT2D eigenvalue weighted by Gasteiger charge is 2.20. The molecule has 0 spiro atoms. The monoisotopic (exact) mass is 408 g/mol. The number of aryl methyl sites for hydroxylation is 1. The molecule has 2 rings (SSSR count). The quantitative estimate of drug-likeness (QED) is 0.646. The fourth-order valence-corrected chi connectivity index (χ4v) is 2.93. The molecule has 1 aromatic heterocycles. The maximum absolute atomic E-state index is 12.3. The molecule has 0 saturated carbocycles.